The van der Waals surface area contributed by atoms with Crippen LogP contribution >= 0.6 is 22.6 Å². The van der Waals surface area contributed by atoms with E-state index in [4.69, 9.17) is 0 Å². The van der Waals surface area contributed by atoms with Crippen LogP contribution in [0.5, 0.6) is 0 Å². The second kappa shape index (κ2) is 3.90. The molecule has 0 aliphatic carbocycles. The van der Waals surface area contributed by atoms with E-state index < -0.39 is 0 Å². The number of halogens is 1. The fourth-order valence-electron chi connectivity index (χ4n) is 0.704. The third kappa shape index (κ3) is 2.24. The molecule has 0 atom stereocenters. The molecule has 0 amide bonds. The van der Waals surface area contributed by atoms with Gasteiger partial charge in [0.15, 0.2) is 0 Å². The van der Waals surface area contributed by atoms with Gasteiger partial charge in [0.2, 0.25) is 0 Å². The fourth-order valence-corrected chi connectivity index (χ4v) is 1.12. The Morgan fingerprint density at radius 1 is 1.70 bits per heavy atom. The standard InChI is InChI=1S/C6H10IN3/c1-2-3-4-10-5-6(7)8-9-10/h5H,2-4H2,1H3. The minimum Gasteiger partial charge on any atom is -0.251 e. The molecule has 0 unspecified atom stereocenters. The van der Waals surface area contributed by atoms with E-state index in [9.17, 15) is 0 Å². The second-order valence-corrected chi connectivity index (χ2v) is 3.26. The van der Waals surface area contributed by atoms with Crippen LogP contribution in [0, 0.1) is 3.70 Å². The molecule has 0 aliphatic rings. The Hall–Kier alpha value is -0.130. The molecule has 0 N–H and O–H groups in total. The van der Waals surface area contributed by atoms with Gasteiger partial charge in [0.25, 0.3) is 0 Å². The number of hydrogen-bond acceptors (Lipinski definition) is 2. The van der Waals surface area contributed by atoms with Gasteiger partial charge < -0.3 is 0 Å². The van der Waals surface area contributed by atoms with Crippen molar-refractivity contribution < 1.29 is 0 Å². The summed E-state index contributed by atoms with van der Waals surface area (Å²) in [6, 6.07) is 0. The van der Waals surface area contributed by atoms with E-state index in [1.54, 1.807) is 0 Å². The van der Waals surface area contributed by atoms with Gasteiger partial charge in [-0.05, 0) is 29.0 Å². The highest BCUT2D eigenvalue weighted by atomic mass is 127. The Balaban J connectivity index is 2.42. The summed E-state index contributed by atoms with van der Waals surface area (Å²) in [5, 5.41) is 7.78. The SMILES string of the molecule is CCCCn1cc(I)nn1. The molecule has 0 saturated carbocycles. The average molecular weight is 251 g/mol. The summed E-state index contributed by atoms with van der Waals surface area (Å²) in [4.78, 5) is 0. The van der Waals surface area contributed by atoms with Crippen LogP contribution in [0.25, 0.3) is 0 Å². The van der Waals surface area contributed by atoms with Crippen molar-refractivity contribution >= 4 is 22.6 Å². The quantitative estimate of drug-likeness (QED) is 0.765. The zero-order chi connectivity index (χ0) is 7.40. The molecule has 1 heterocycles. The van der Waals surface area contributed by atoms with Crippen molar-refractivity contribution in [2.45, 2.75) is 26.3 Å². The van der Waals surface area contributed by atoms with Crippen molar-refractivity contribution in [1.29, 1.82) is 0 Å². The van der Waals surface area contributed by atoms with Gasteiger partial charge in [-0.15, -0.1) is 5.10 Å². The van der Waals surface area contributed by atoms with Crippen molar-refractivity contribution in [3.63, 3.8) is 0 Å². The molecular weight excluding hydrogens is 241 g/mol. The highest BCUT2D eigenvalue weighted by Crippen LogP contribution is 1.98. The van der Waals surface area contributed by atoms with Gasteiger partial charge in [-0.2, -0.15) is 0 Å². The predicted molar refractivity (Wildman–Crippen MR) is 47.6 cm³/mol. The molecule has 1 rings (SSSR count). The third-order valence-corrected chi connectivity index (χ3v) is 1.75. The normalized spacial score (nSPS) is 10.2. The first-order valence-corrected chi connectivity index (χ1v) is 4.46. The highest BCUT2D eigenvalue weighted by Gasteiger charge is 1.93. The molecule has 1 aromatic rings. The van der Waals surface area contributed by atoms with E-state index in [1.807, 2.05) is 10.9 Å². The van der Waals surface area contributed by atoms with Crippen LogP contribution in [-0.2, 0) is 6.54 Å². The minimum atomic E-state index is 0.966. The Bertz CT molecular complexity index is 197. The summed E-state index contributed by atoms with van der Waals surface area (Å²) in [7, 11) is 0. The maximum absolute atomic E-state index is 3.91. The van der Waals surface area contributed by atoms with Gasteiger partial charge in [0, 0.05) is 6.54 Å². The molecule has 1 aromatic heterocycles. The van der Waals surface area contributed by atoms with E-state index in [1.165, 1.54) is 12.8 Å². The topological polar surface area (TPSA) is 30.7 Å². The Morgan fingerprint density at radius 3 is 3.00 bits per heavy atom. The molecule has 3 nitrogen and oxygen atoms in total. The van der Waals surface area contributed by atoms with Crippen LogP contribution in [0.3, 0.4) is 0 Å². The van der Waals surface area contributed by atoms with Crippen LogP contribution in [-0.4, -0.2) is 15.0 Å². The summed E-state index contributed by atoms with van der Waals surface area (Å²) in [5.41, 5.74) is 0. The Kier molecular flexibility index (Phi) is 3.11. The smallest absolute Gasteiger partial charge is 0.143 e. The summed E-state index contributed by atoms with van der Waals surface area (Å²) in [5.74, 6) is 0. The summed E-state index contributed by atoms with van der Waals surface area (Å²) >= 11 is 2.16. The molecule has 56 valence electrons. The molecule has 0 aliphatic heterocycles. The lowest BCUT2D eigenvalue weighted by Crippen LogP contribution is -1.97. The first-order chi connectivity index (χ1) is 4.83. The van der Waals surface area contributed by atoms with Crippen molar-refractivity contribution in [3.05, 3.63) is 9.90 Å². The van der Waals surface area contributed by atoms with Gasteiger partial charge in [-0.1, -0.05) is 18.6 Å². The van der Waals surface area contributed by atoms with Crippen molar-refractivity contribution in [1.82, 2.24) is 15.0 Å². The lowest BCUT2D eigenvalue weighted by molar-refractivity contribution is 0.553. The molecule has 0 radical (unpaired) electrons. The van der Waals surface area contributed by atoms with Crippen LogP contribution in [0.2, 0.25) is 0 Å². The first-order valence-electron chi connectivity index (χ1n) is 3.38. The molecule has 0 bridgehead atoms. The van der Waals surface area contributed by atoms with E-state index >= 15 is 0 Å². The molecule has 4 heteroatoms. The molecule has 0 saturated heterocycles. The lowest BCUT2D eigenvalue weighted by Gasteiger charge is -1.94. The monoisotopic (exact) mass is 251 g/mol. The molecular formula is C6H10IN3. The highest BCUT2D eigenvalue weighted by molar-refractivity contribution is 14.1. The summed E-state index contributed by atoms with van der Waals surface area (Å²) < 4.78 is 2.85. The van der Waals surface area contributed by atoms with E-state index in [0.717, 1.165) is 10.2 Å². The predicted octanol–water partition coefficient (Wildman–Crippen LogP) is 1.68. The maximum atomic E-state index is 3.91. The summed E-state index contributed by atoms with van der Waals surface area (Å²) in [6.07, 6.45) is 4.34. The van der Waals surface area contributed by atoms with Gasteiger partial charge in [0.1, 0.15) is 3.70 Å². The molecule has 0 aromatic carbocycles. The number of unbranched alkanes of at least 4 members (excludes halogenated alkanes) is 1. The van der Waals surface area contributed by atoms with Crippen molar-refractivity contribution in [2.24, 2.45) is 0 Å². The third-order valence-electron chi connectivity index (χ3n) is 1.25. The zero-order valence-corrected chi connectivity index (χ0v) is 8.08. The van der Waals surface area contributed by atoms with Gasteiger partial charge >= 0.3 is 0 Å². The second-order valence-electron chi connectivity index (χ2n) is 2.16. The van der Waals surface area contributed by atoms with Gasteiger partial charge in [-0.25, -0.2) is 0 Å². The Labute approximate surface area is 73.9 Å². The van der Waals surface area contributed by atoms with Crippen LogP contribution in [0.1, 0.15) is 19.8 Å². The zero-order valence-electron chi connectivity index (χ0n) is 5.92. The number of nitrogens with zero attached hydrogens (tertiary/aromatic N) is 3. The average Bonchev–Trinajstić information content (AvgIpc) is 2.31. The molecule has 0 spiro atoms. The summed E-state index contributed by atoms with van der Waals surface area (Å²) in [6.45, 7) is 3.16. The first kappa shape index (κ1) is 7.97. The van der Waals surface area contributed by atoms with Crippen LogP contribution < -0.4 is 0 Å². The fraction of sp³-hybridized carbons (Fsp3) is 0.667. The van der Waals surface area contributed by atoms with Crippen LogP contribution in [0.4, 0.5) is 0 Å². The molecule has 0 fully saturated rings. The largest absolute Gasteiger partial charge is 0.251 e. The number of hydrogen-bond donors (Lipinski definition) is 0. The van der Waals surface area contributed by atoms with Gasteiger partial charge in [-0.3, -0.25) is 4.68 Å². The van der Waals surface area contributed by atoms with Crippen molar-refractivity contribution in [2.75, 3.05) is 0 Å². The molecule has 10 heavy (non-hydrogen) atoms. The number of aryl methyl sites for hydroxylation is 1. The van der Waals surface area contributed by atoms with E-state index in [0.29, 0.717) is 0 Å². The Morgan fingerprint density at radius 2 is 2.50 bits per heavy atom. The van der Waals surface area contributed by atoms with Gasteiger partial charge in [0.05, 0.1) is 6.20 Å². The van der Waals surface area contributed by atoms with E-state index in [2.05, 4.69) is 39.8 Å². The number of rotatable bonds is 3. The maximum Gasteiger partial charge on any atom is 0.143 e. The van der Waals surface area contributed by atoms with Crippen molar-refractivity contribution in [3.8, 4) is 0 Å². The van der Waals surface area contributed by atoms with Crippen LogP contribution in [0.15, 0.2) is 6.20 Å². The number of aromatic nitrogens is 3. The minimum absolute atomic E-state index is 0.966. The van der Waals surface area contributed by atoms with E-state index in [-0.39, 0.29) is 0 Å². The lowest BCUT2D eigenvalue weighted by atomic mass is 10.3.